The van der Waals surface area contributed by atoms with Crippen molar-refractivity contribution in [3.05, 3.63) is 33.3 Å². The van der Waals surface area contributed by atoms with Crippen molar-refractivity contribution in [3.63, 3.8) is 0 Å². The van der Waals surface area contributed by atoms with E-state index in [2.05, 4.69) is 32.2 Å². The standard InChI is InChI=1S/C16H22BrClN2O/c17-15-11-13(18)1-2-14(15)16(12-3-9-21-10-4-12)20-7-5-19-6-8-20/h1-2,11-12,16,19H,3-10H2/t16-/m0/s1. The summed E-state index contributed by atoms with van der Waals surface area (Å²) in [6, 6.07) is 6.68. The van der Waals surface area contributed by atoms with E-state index in [1.807, 2.05) is 12.1 Å². The Labute approximate surface area is 140 Å². The predicted molar refractivity (Wildman–Crippen MR) is 89.9 cm³/mol. The molecule has 2 aliphatic heterocycles. The highest BCUT2D eigenvalue weighted by Crippen LogP contribution is 2.39. The zero-order valence-electron chi connectivity index (χ0n) is 12.2. The van der Waals surface area contributed by atoms with Gasteiger partial charge in [-0.05, 0) is 36.5 Å². The summed E-state index contributed by atoms with van der Waals surface area (Å²) < 4.78 is 6.69. The molecule has 0 spiro atoms. The first-order valence-corrected chi connectivity index (χ1v) is 8.90. The number of nitrogens with zero attached hydrogens (tertiary/aromatic N) is 1. The lowest BCUT2D eigenvalue weighted by molar-refractivity contribution is 0.0211. The van der Waals surface area contributed by atoms with Gasteiger partial charge in [0.1, 0.15) is 0 Å². The van der Waals surface area contributed by atoms with Crippen LogP contribution in [0.25, 0.3) is 0 Å². The number of hydrogen-bond acceptors (Lipinski definition) is 3. The SMILES string of the molecule is Clc1ccc([C@H](C2CCOCC2)N2CCNCC2)c(Br)c1. The van der Waals surface area contributed by atoms with Crippen LogP contribution in [0, 0.1) is 5.92 Å². The van der Waals surface area contributed by atoms with E-state index in [-0.39, 0.29) is 0 Å². The summed E-state index contributed by atoms with van der Waals surface area (Å²) in [7, 11) is 0. The molecule has 0 unspecified atom stereocenters. The molecule has 1 N–H and O–H groups in total. The first kappa shape index (κ1) is 15.8. The van der Waals surface area contributed by atoms with E-state index < -0.39 is 0 Å². The summed E-state index contributed by atoms with van der Waals surface area (Å²) in [6.07, 6.45) is 2.29. The molecule has 3 rings (SSSR count). The predicted octanol–water partition coefficient (Wildman–Crippen LogP) is 3.48. The third-order valence-electron chi connectivity index (χ3n) is 4.54. The van der Waals surface area contributed by atoms with E-state index in [9.17, 15) is 0 Å². The van der Waals surface area contributed by atoms with E-state index in [0.717, 1.165) is 61.7 Å². The minimum absolute atomic E-state index is 0.461. The van der Waals surface area contributed by atoms with E-state index in [1.165, 1.54) is 5.56 Å². The monoisotopic (exact) mass is 372 g/mol. The van der Waals surface area contributed by atoms with Crippen molar-refractivity contribution < 1.29 is 4.74 Å². The second-order valence-electron chi connectivity index (χ2n) is 5.85. The fraction of sp³-hybridized carbons (Fsp3) is 0.625. The van der Waals surface area contributed by atoms with Crippen LogP contribution in [-0.4, -0.2) is 44.3 Å². The van der Waals surface area contributed by atoms with Crippen molar-refractivity contribution in [2.45, 2.75) is 18.9 Å². The largest absolute Gasteiger partial charge is 0.381 e. The van der Waals surface area contributed by atoms with Crippen LogP contribution < -0.4 is 5.32 Å². The Morgan fingerprint density at radius 3 is 2.62 bits per heavy atom. The average molecular weight is 374 g/mol. The summed E-state index contributed by atoms with van der Waals surface area (Å²) in [5, 5.41) is 4.24. The van der Waals surface area contributed by atoms with Crippen molar-refractivity contribution in [1.82, 2.24) is 10.2 Å². The van der Waals surface area contributed by atoms with E-state index in [4.69, 9.17) is 16.3 Å². The first-order chi connectivity index (χ1) is 10.3. The number of hydrogen-bond donors (Lipinski definition) is 1. The van der Waals surface area contributed by atoms with Crippen LogP contribution in [0.5, 0.6) is 0 Å². The van der Waals surface area contributed by atoms with E-state index in [1.54, 1.807) is 0 Å². The topological polar surface area (TPSA) is 24.5 Å². The maximum absolute atomic E-state index is 6.12. The zero-order valence-corrected chi connectivity index (χ0v) is 14.5. The number of halogens is 2. The van der Waals surface area contributed by atoms with Gasteiger partial charge in [-0.3, -0.25) is 4.90 Å². The van der Waals surface area contributed by atoms with Gasteiger partial charge in [-0.25, -0.2) is 0 Å². The van der Waals surface area contributed by atoms with Crippen LogP contribution >= 0.6 is 27.5 Å². The summed E-state index contributed by atoms with van der Waals surface area (Å²) in [5.41, 5.74) is 1.37. The summed E-state index contributed by atoms with van der Waals surface area (Å²) in [6.45, 7) is 6.14. The quantitative estimate of drug-likeness (QED) is 0.878. The number of benzene rings is 1. The maximum Gasteiger partial charge on any atom is 0.0469 e. The Balaban J connectivity index is 1.89. The molecular formula is C16H22BrClN2O. The molecule has 0 amide bonds. The molecule has 1 aromatic carbocycles. The highest BCUT2D eigenvalue weighted by atomic mass is 79.9. The van der Waals surface area contributed by atoms with Gasteiger partial charge in [0, 0.05) is 54.9 Å². The summed E-state index contributed by atoms with van der Waals surface area (Å²) in [4.78, 5) is 2.63. The van der Waals surface area contributed by atoms with Gasteiger partial charge in [0.2, 0.25) is 0 Å². The lowest BCUT2D eigenvalue weighted by atomic mass is 9.85. The second-order valence-corrected chi connectivity index (χ2v) is 7.14. The Kier molecular flexibility index (Phi) is 5.57. The van der Waals surface area contributed by atoms with E-state index >= 15 is 0 Å². The fourth-order valence-electron chi connectivity index (χ4n) is 3.48. The van der Waals surface area contributed by atoms with Crippen molar-refractivity contribution in [1.29, 1.82) is 0 Å². The minimum Gasteiger partial charge on any atom is -0.381 e. The Bertz CT molecular complexity index is 455. The molecule has 0 aromatic heterocycles. The summed E-state index contributed by atoms with van der Waals surface area (Å²) >= 11 is 9.84. The van der Waals surface area contributed by atoms with Crippen LogP contribution in [0.1, 0.15) is 24.4 Å². The Morgan fingerprint density at radius 2 is 1.95 bits per heavy atom. The highest BCUT2D eigenvalue weighted by molar-refractivity contribution is 9.10. The molecule has 3 nitrogen and oxygen atoms in total. The van der Waals surface area contributed by atoms with Gasteiger partial charge >= 0.3 is 0 Å². The van der Waals surface area contributed by atoms with Crippen molar-refractivity contribution >= 4 is 27.5 Å². The van der Waals surface area contributed by atoms with Crippen LogP contribution in [0.4, 0.5) is 0 Å². The average Bonchev–Trinajstić information content (AvgIpc) is 2.52. The number of ether oxygens (including phenoxy) is 1. The number of nitrogens with one attached hydrogen (secondary N) is 1. The van der Waals surface area contributed by atoms with Crippen LogP contribution in [0.2, 0.25) is 5.02 Å². The van der Waals surface area contributed by atoms with Crippen molar-refractivity contribution in [3.8, 4) is 0 Å². The highest BCUT2D eigenvalue weighted by Gasteiger charge is 2.32. The third kappa shape index (κ3) is 3.80. The first-order valence-electron chi connectivity index (χ1n) is 7.73. The van der Waals surface area contributed by atoms with Crippen LogP contribution in [-0.2, 0) is 4.74 Å². The van der Waals surface area contributed by atoms with Crippen molar-refractivity contribution in [2.75, 3.05) is 39.4 Å². The maximum atomic E-state index is 6.12. The molecule has 5 heteroatoms. The molecule has 0 aliphatic carbocycles. The molecule has 116 valence electrons. The third-order valence-corrected chi connectivity index (χ3v) is 5.46. The molecule has 2 aliphatic rings. The zero-order chi connectivity index (χ0) is 14.7. The molecule has 1 aromatic rings. The Hall–Kier alpha value is -0.130. The van der Waals surface area contributed by atoms with Gasteiger partial charge in [-0.15, -0.1) is 0 Å². The minimum atomic E-state index is 0.461. The van der Waals surface area contributed by atoms with Gasteiger partial charge in [0.25, 0.3) is 0 Å². The van der Waals surface area contributed by atoms with Gasteiger partial charge in [0.05, 0.1) is 0 Å². The smallest absolute Gasteiger partial charge is 0.0469 e. The molecular weight excluding hydrogens is 352 g/mol. The van der Waals surface area contributed by atoms with E-state index in [0.29, 0.717) is 12.0 Å². The van der Waals surface area contributed by atoms with Crippen LogP contribution in [0.15, 0.2) is 22.7 Å². The molecule has 1 atom stereocenters. The molecule has 0 bridgehead atoms. The summed E-state index contributed by atoms with van der Waals surface area (Å²) in [5.74, 6) is 0.661. The molecule has 21 heavy (non-hydrogen) atoms. The molecule has 0 saturated carbocycles. The number of rotatable bonds is 3. The Morgan fingerprint density at radius 1 is 1.24 bits per heavy atom. The molecule has 0 radical (unpaired) electrons. The van der Waals surface area contributed by atoms with Gasteiger partial charge in [-0.1, -0.05) is 33.6 Å². The lowest BCUT2D eigenvalue weighted by Gasteiger charge is -2.41. The van der Waals surface area contributed by atoms with Gasteiger partial charge in [0.15, 0.2) is 0 Å². The lowest BCUT2D eigenvalue weighted by Crippen LogP contribution is -2.47. The second kappa shape index (κ2) is 7.42. The van der Waals surface area contributed by atoms with Crippen molar-refractivity contribution in [2.24, 2.45) is 5.92 Å². The fourth-order valence-corrected chi connectivity index (χ4v) is 4.40. The van der Waals surface area contributed by atoms with Gasteiger partial charge < -0.3 is 10.1 Å². The van der Waals surface area contributed by atoms with Crippen LogP contribution in [0.3, 0.4) is 0 Å². The normalized spacial score (nSPS) is 23.1. The number of piperazine rings is 1. The van der Waals surface area contributed by atoms with Gasteiger partial charge in [-0.2, -0.15) is 0 Å². The molecule has 2 saturated heterocycles. The molecule has 2 fully saturated rings. The molecule has 2 heterocycles.